The summed E-state index contributed by atoms with van der Waals surface area (Å²) in [6.07, 6.45) is 0. The molecular formula is C16H9N5O4. The summed E-state index contributed by atoms with van der Waals surface area (Å²) in [5, 5.41) is 17.4. The molecule has 1 aliphatic rings. The van der Waals surface area contributed by atoms with Gasteiger partial charge in [0.1, 0.15) is 0 Å². The lowest BCUT2D eigenvalue weighted by Gasteiger charge is -2.10. The molecule has 9 nitrogen and oxygen atoms in total. The topological polar surface area (TPSA) is 122 Å². The normalized spacial score (nSPS) is 13.2. The van der Waals surface area contributed by atoms with Crippen molar-refractivity contribution in [3.8, 4) is 11.4 Å². The number of para-hydroxylation sites is 1. The van der Waals surface area contributed by atoms with Gasteiger partial charge in [-0.3, -0.25) is 24.8 Å². The van der Waals surface area contributed by atoms with Gasteiger partial charge in [-0.1, -0.05) is 12.1 Å². The van der Waals surface area contributed by atoms with Crippen molar-refractivity contribution < 1.29 is 14.5 Å². The van der Waals surface area contributed by atoms with E-state index < -0.39 is 16.6 Å². The Morgan fingerprint density at radius 1 is 1.04 bits per heavy atom. The van der Waals surface area contributed by atoms with Gasteiger partial charge in [-0.2, -0.15) is 4.98 Å². The lowest BCUT2D eigenvalue weighted by molar-refractivity contribution is -0.384. The van der Waals surface area contributed by atoms with Crippen molar-refractivity contribution in [2.45, 2.75) is 0 Å². The fraction of sp³-hybridized carbons (Fsp3) is 0. The van der Waals surface area contributed by atoms with Crippen LogP contribution in [0, 0.1) is 10.1 Å². The third-order valence-corrected chi connectivity index (χ3v) is 3.81. The Balaban J connectivity index is 1.71. The highest BCUT2D eigenvalue weighted by Gasteiger charge is 2.38. The number of nitro benzene ring substituents is 1. The van der Waals surface area contributed by atoms with Gasteiger partial charge >= 0.3 is 5.91 Å². The van der Waals surface area contributed by atoms with Crippen LogP contribution in [0.4, 0.5) is 17.3 Å². The number of benzene rings is 2. The maximum Gasteiger partial charge on any atom is 0.306 e. The first-order valence-electron chi connectivity index (χ1n) is 7.21. The van der Waals surface area contributed by atoms with E-state index in [4.69, 9.17) is 0 Å². The number of carbonyl (C=O) groups is 2. The third kappa shape index (κ3) is 2.26. The van der Waals surface area contributed by atoms with Crippen LogP contribution >= 0.6 is 0 Å². The molecule has 4 rings (SSSR count). The van der Waals surface area contributed by atoms with Crippen LogP contribution in [-0.2, 0) is 4.79 Å². The van der Waals surface area contributed by atoms with Gasteiger partial charge in [0.2, 0.25) is 0 Å². The molecule has 1 aliphatic heterocycles. The monoisotopic (exact) mass is 335 g/mol. The molecule has 0 saturated carbocycles. The highest BCUT2D eigenvalue weighted by molar-refractivity contribution is 6.53. The largest absolute Gasteiger partial charge is 0.306 e. The number of nitrogens with zero attached hydrogens (tertiary/aromatic N) is 4. The average molecular weight is 335 g/mol. The molecule has 0 spiro atoms. The molecule has 0 bridgehead atoms. The molecule has 0 radical (unpaired) electrons. The van der Waals surface area contributed by atoms with E-state index in [1.165, 1.54) is 24.3 Å². The molecule has 0 atom stereocenters. The van der Waals surface area contributed by atoms with Crippen LogP contribution in [0.1, 0.15) is 10.4 Å². The number of anilines is 2. The Morgan fingerprint density at radius 3 is 2.48 bits per heavy atom. The zero-order valence-electron chi connectivity index (χ0n) is 12.5. The number of Topliss-reactive ketones (excluding diaryl/α,β-unsaturated/α-hetero) is 1. The lowest BCUT2D eigenvalue weighted by Crippen LogP contribution is -2.25. The minimum atomic E-state index is -0.726. The third-order valence-electron chi connectivity index (χ3n) is 3.81. The van der Waals surface area contributed by atoms with Gasteiger partial charge in [0.05, 0.1) is 16.2 Å². The Hall–Kier alpha value is -3.88. The number of amides is 1. The van der Waals surface area contributed by atoms with E-state index in [0.717, 1.165) is 4.90 Å². The summed E-state index contributed by atoms with van der Waals surface area (Å²) in [5.41, 5.74) is 1.24. The zero-order valence-corrected chi connectivity index (χ0v) is 12.5. The van der Waals surface area contributed by atoms with E-state index in [1.54, 1.807) is 24.3 Å². The van der Waals surface area contributed by atoms with Crippen LogP contribution < -0.4 is 4.90 Å². The fourth-order valence-corrected chi connectivity index (χ4v) is 2.61. The molecule has 0 fully saturated rings. The van der Waals surface area contributed by atoms with Gasteiger partial charge in [0, 0.05) is 17.7 Å². The smallest absolute Gasteiger partial charge is 0.283 e. The minimum Gasteiger partial charge on any atom is -0.283 e. The summed E-state index contributed by atoms with van der Waals surface area (Å²) < 4.78 is 0. The van der Waals surface area contributed by atoms with E-state index in [1.807, 2.05) is 0 Å². The first-order chi connectivity index (χ1) is 12.1. The van der Waals surface area contributed by atoms with Crippen LogP contribution in [0.25, 0.3) is 11.4 Å². The van der Waals surface area contributed by atoms with E-state index >= 15 is 0 Å². The number of ketones is 1. The van der Waals surface area contributed by atoms with Crippen LogP contribution in [-0.4, -0.2) is 31.8 Å². The van der Waals surface area contributed by atoms with Gasteiger partial charge in [-0.15, -0.1) is 5.10 Å². The second-order valence-corrected chi connectivity index (χ2v) is 5.27. The van der Waals surface area contributed by atoms with E-state index in [2.05, 4.69) is 15.2 Å². The van der Waals surface area contributed by atoms with Crippen molar-refractivity contribution in [1.82, 2.24) is 15.2 Å². The lowest BCUT2D eigenvalue weighted by atomic mass is 10.1. The van der Waals surface area contributed by atoms with E-state index in [0.29, 0.717) is 22.6 Å². The predicted octanol–water partition coefficient (Wildman–Crippen LogP) is 2.24. The second-order valence-electron chi connectivity index (χ2n) is 5.27. The van der Waals surface area contributed by atoms with Gasteiger partial charge in [-0.25, -0.2) is 4.90 Å². The Bertz CT molecular complexity index is 1030. The molecule has 122 valence electrons. The van der Waals surface area contributed by atoms with Crippen molar-refractivity contribution >= 4 is 29.0 Å². The Kier molecular flexibility index (Phi) is 3.14. The minimum absolute atomic E-state index is 0.0386. The number of nitrogens with one attached hydrogen (secondary N) is 1. The van der Waals surface area contributed by atoms with Crippen molar-refractivity contribution in [3.63, 3.8) is 0 Å². The molecule has 0 aliphatic carbocycles. The number of hydrogen-bond acceptors (Lipinski definition) is 6. The van der Waals surface area contributed by atoms with Crippen molar-refractivity contribution in [2.75, 3.05) is 4.90 Å². The van der Waals surface area contributed by atoms with Crippen molar-refractivity contribution in [2.24, 2.45) is 0 Å². The highest BCUT2D eigenvalue weighted by atomic mass is 16.6. The number of aromatic nitrogens is 3. The Labute approximate surface area is 140 Å². The maximum absolute atomic E-state index is 12.2. The van der Waals surface area contributed by atoms with Crippen molar-refractivity contribution in [3.05, 3.63) is 64.2 Å². The molecule has 0 unspecified atom stereocenters. The first kappa shape index (κ1) is 14.7. The predicted molar refractivity (Wildman–Crippen MR) is 86.4 cm³/mol. The number of H-pyrrole nitrogens is 1. The molecule has 2 heterocycles. The fourth-order valence-electron chi connectivity index (χ4n) is 2.61. The maximum atomic E-state index is 12.2. The second kappa shape index (κ2) is 5.34. The van der Waals surface area contributed by atoms with Crippen LogP contribution in [0.15, 0.2) is 48.5 Å². The highest BCUT2D eigenvalue weighted by Crippen LogP contribution is 2.34. The van der Waals surface area contributed by atoms with Gasteiger partial charge in [-0.05, 0) is 24.3 Å². The molecular weight excluding hydrogens is 326 g/mol. The SMILES string of the molecule is O=C1C(=O)N(c2n[nH]c(-c3ccc([N+](=O)[O-])cc3)n2)c2ccccc21. The molecule has 25 heavy (non-hydrogen) atoms. The van der Waals surface area contributed by atoms with Crippen molar-refractivity contribution in [1.29, 1.82) is 0 Å². The van der Waals surface area contributed by atoms with Crippen LogP contribution in [0.3, 0.4) is 0 Å². The van der Waals surface area contributed by atoms with E-state index in [-0.39, 0.29) is 11.6 Å². The van der Waals surface area contributed by atoms with Gasteiger partial charge in [0.25, 0.3) is 17.4 Å². The van der Waals surface area contributed by atoms with Crippen LogP contribution in [0.5, 0.6) is 0 Å². The molecule has 2 aromatic carbocycles. The molecule has 9 heteroatoms. The Morgan fingerprint density at radius 2 is 1.76 bits per heavy atom. The first-order valence-corrected chi connectivity index (χ1v) is 7.21. The summed E-state index contributed by atoms with van der Waals surface area (Å²) in [4.78, 5) is 39.9. The number of hydrogen-bond donors (Lipinski definition) is 1. The molecule has 1 N–H and O–H groups in total. The molecule has 1 amide bonds. The molecule has 3 aromatic rings. The summed E-state index contributed by atoms with van der Waals surface area (Å²) in [6, 6.07) is 12.3. The summed E-state index contributed by atoms with van der Waals surface area (Å²) in [7, 11) is 0. The summed E-state index contributed by atoms with van der Waals surface area (Å²) in [5.74, 6) is -0.973. The zero-order chi connectivity index (χ0) is 17.6. The van der Waals surface area contributed by atoms with Gasteiger partial charge in [0.15, 0.2) is 5.82 Å². The number of aromatic amines is 1. The van der Waals surface area contributed by atoms with Crippen LogP contribution in [0.2, 0.25) is 0 Å². The number of fused-ring (bicyclic) bond motifs is 1. The number of non-ortho nitro benzene ring substituents is 1. The molecule has 0 saturated heterocycles. The summed E-state index contributed by atoms with van der Waals surface area (Å²) >= 11 is 0. The number of rotatable bonds is 3. The molecule has 1 aromatic heterocycles. The number of nitro groups is 1. The standard InChI is InChI=1S/C16H9N5O4/c22-13-11-3-1-2-4-12(11)20(15(13)23)16-17-14(18-19-16)9-5-7-10(8-6-9)21(24)25/h1-8H,(H,17,18,19). The number of carbonyl (C=O) groups excluding carboxylic acids is 2. The average Bonchev–Trinajstić information content (AvgIpc) is 3.19. The quantitative estimate of drug-likeness (QED) is 0.445. The van der Waals surface area contributed by atoms with E-state index in [9.17, 15) is 19.7 Å². The van der Waals surface area contributed by atoms with Gasteiger partial charge < -0.3 is 0 Å². The summed E-state index contributed by atoms with van der Waals surface area (Å²) in [6.45, 7) is 0.